The Morgan fingerprint density at radius 1 is 1.43 bits per heavy atom. The fraction of sp³-hybridized carbons (Fsp3) is 1.00. The van der Waals surface area contributed by atoms with Crippen LogP contribution in [0.4, 0.5) is 0 Å². The number of hydrogen-bond acceptors (Lipinski definition) is 2. The van der Waals surface area contributed by atoms with E-state index in [0.717, 1.165) is 18.9 Å². The summed E-state index contributed by atoms with van der Waals surface area (Å²) in [5.74, 6) is 0. The van der Waals surface area contributed by atoms with Crippen LogP contribution in [0, 0.1) is 5.41 Å². The van der Waals surface area contributed by atoms with Crippen molar-refractivity contribution in [1.82, 2.24) is 5.32 Å². The first-order chi connectivity index (χ1) is 6.58. The van der Waals surface area contributed by atoms with E-state index in [0.29, 0.717) is 12.0 Å². The Hall–Kier alpha value is -0.0800. The van der Waals surface area contributed by atoms with Crippen LogP contribution in [-0.2, 0) is 0 Å². The molecule has 1 saturated carbocycles. The summed E-state index contributed by atoms with van der Waals surface area (Å²) in [7, 11) is 2.07. The van der Waals surface area contributed by atoms with E-state index < -0.39 is 0 Å². The highest BCUT2D eigenvalue weighted by Gasteiger charge is 2.32. The molecule has 0 radical (unpaired) electrons. The Bertz CT molecular complexity index is 132. The van der Waals surface area contributed by atoms with Crippen LogP contribution < -0.4 is 5.32 Å². The second-order valence-corrected chi connectivity index (χ2v) is 4.80. The molecular weight excluding hydrogens is 174 g/mol. The number of rotatable bonds is 3. The molecule has 0 aromatic carbocycles. The molecule has 86 valence electrons. The number of nitrogens with one attached hydrogen (secondary N) is 1. The highest BCUT2D eigenvalue weighted by atomic mass is 16.2. The molecule has 0 aromatic rings. The first-order valence-electron chi connectivity index (χ1n) is 5.86. The lowest BCUT2D eigenvalue weighted by molar-refractivity contribution is 0.287. The summed E-state index contributed by atoms with van der Waals surface area (Å²) < 4.78 is 0. The molecule has 1 atom stereocenters. The van der Waals surface area contributed by atoms with Gasteiger partial charge in [-0.3, -0.25) is 0 Å². The average Bonchev–Trinajstić information content (AvgIpc) is 2.47. The normalized spacial score (nSPS) is 24.2. The van der Waals surface area contributed by atoms with Gasteiger partial charge in [-0.2, -0.15) is 0 Å². The van der Waals surface area contributed by atoms with Crippen LogP contribution in [-0.4, -0.2) is 24.8 Å². The lowest BCUT2D eigenvalue weighted by Crippen LogP contribution is -2.34. The van der Waals surface area contributed by atoms with Crippen molar-refractivity contribution in [3.05, 3.63) is 0 Å². The quantitative estimate of drug-likeness (QED) is 0.735. The monoisotopic (exact) mass is 201 g/mol. The number of unbranched alkanes of at least 4 members (excludes halogenated alkanes) is 1. The molecule has 0 aliphatic heterocycles. The zero-order chi connectivity index (χ0) is 11.0. The predicted molar refractivity (Wildman–Crippen MR) is 62.5 cm³/mol. The minimum Gasteiger partial charge on any atom is -0.396 e. The average molecular weight is 201 g/mol. The van der Waals surface area contributed by atoms with Gasteiger partial charge in [-0.15, -0.1) is 0 Å². The van der Waals surface area contributed by atoms with Gasteiger partial charge >= 0.3 is 0 Å². The van der Waals surface area contributed by atoms with Crippen molar-refractivity contribution in [2.45, 2.75) is 58.9 Å². The van der Waals surface area contributed by atoms with E-state index in [1.807, 2.05) is 0 Å². The van der Waals surface area contributed by atoms with E-state index in [-0.39, 0.29) is 0 Å². The summed E-state index contributed by atoms with van der Waals surface area (Å²) in [6.45, 7) is 7.09. The highest BCUT2D eigenvalue weighted by molar-refractivity contribution is 4.88. The van der Waals surface area contributed by atoms with Crippen LogP contribution in [0.15, 0.2) is 0 Å². The predicted octanol–water partition coefficient (Wildman–Crippen LogP) is 2.56. The first-order valence-corrected chi connectivity index (χ1v) is 5.86. The van der Waals surface area contributed by atoms with E-state index in [1.54, 1.807) is 0 Å². The summed E-state index contributed by atoms with van der Waals surface area (Å²) in [5.41, 5.74) is 0.550. The van der Waals surface area contributed by atoms with Gasteiger partial charge in [0.05, 0.1) is 0 Å². The molecule has 14 heavy (non-hydrogen) atoms. The summed E-state index contributed by atoms with van der Waals surface area (Å²) >= 11 is 0. The van der Waals surface area contributed by atoms with Crippen LogP contribution in [0.1, 0.15) is 52.9 Å². The molecule has 1 rings (SSSR count). The van der Waals surface area contributed by atoms with Crippen LogP contribution >= 0.6 is 0 Å². The number of hydrogen-bond donors (Lipinski definition) is 2. The summed E-state index contributed by atoms with van der Waals surface area (Å²) in [4.78, 5) is 0. The van der Waals surface area contributed by atoms with Gasteiger partial charge in [0.25, 0.3) is 0 Å². The van der Waals surface area contributed by atoms with Crippen LogP contribution in [0.2, 0.25) is 0 Å². The van der Waals surface area contributed by atoms with Crippen molar-refractivity contribution in [1.29, 1.82) is 0 Å². The third-order valence-corrected chi connectivity index (χ3v) is 3.12. The van der Waals surface area contributed by atoms with Crippen molar-refractivity contribution >= 4 is 0 Å². The minimum atomic E-state index is 0.344. The van der Waals surface area contributed by atoms with Gasteiger partial charge in [-0.05, 0) is 31.7 Å². The maximum absolute atomic E-state index is 8.07. The van der Waals surface area contributed by atoms with Gasteiger partial charge in [0.1, 0.15) is 0 Å². The van der Waals surface area contributed by atoms with Gasteiger partial charge in [-0.1, -0.05) is 33.6 Å². The Morgan fingerprint density at radius 3 is 2.21 bits per heavy atom. The fourth-order valence-electron chi connectivity index (χ4n) is 2.02. The lowest BCUT2D eigenvalue weighted by Gasteiger charge is -2.26. The van der Waals surface area contributed by atoms with E-state index in [1.165, 1.54) is 19.3 Å². The van der Waals surface area contributed by atoms with Crippen LogP contribution in [0.25, 0.3) is 0 Å². The van der Waals surface area contributed by atoms with E-state index in [9.17, 15) is 0 Å². The third-order valence-electron chi connectivity index (χ3n) is 3.12. The third kappa shape index (κ3) is 4.97. The maximum Gasteiger partial charge on any atom is 0.0430 e. The molecule has 1 aliphatic rings. The molecule has 0 amide bonds. The topological polar surface area (TPSA) is 32.3 Å². The lowest BCUT2D eigenvalue weighted by atomic mass is 9.88. The molecule has 0 spiro atoms. The van der Waals surface area contributed by atoms with Crippen LogP contribution in [0.3, 0.4) is 0 Å². The summed E-state index contributed by atoms with van der Waals surface area (Å²) in [6, 6.07) is 0.762. The van der Waals surface area contributed by atoms with E-state index in [2.05, 4.69) is 33.1 Å². The molecule has 1 unspecified atom stereocenters. The number of aliphatic hydroxyl groups is 1. The van der Waals surface area contributed by atoms with Gasteiger partial charge in [0, 0.05) is 12.6 Å². The minimum absolute atomic E-state index is 0.344. The van der Waals surface area contributed by atoms with Crippen molar-refractivity contribution in [3.63, 3.8) is 0 Å². The van der Waals surface area contributed by atoms with Crippen LogP contribution in [0.5, 0.6) is 0 Å². The van der Waals surface area contributed by atoms with Crippen molar-refractivity contribution in [3.8, 4) is 0 Å². The molecule has 0 bridgehead atoms. The van der Waals surface area contributed by atoms with Crippen molar-refractivity contribution < 1.29 is 5.11 Å². The SMILES string of the molecule is CCCCO.CNC1CCCC1(C)C. The Morgan fingerprint density at radius 2 is 2.07 bits per heavy atom. The zero-order valence-electron chi connectivity index (χ0n) is 10.3. The van der Waals surface area contributed by atoms with Gasteiger partial charge in [-0.25, -0.2) is 0 Å². The van der Waals surface area contributed by atoms with Gasteiger partial charge in [0.2, 0.25) is 0 Å². The van der Waals surface area contributed by atoms with Gasteiger partial charge < -0.3 is 10.4 Å². The molecule has 2 N–H and O–H groups in total. The molecule has 0 aromatic heterocycles. The summed E-state index contributed by atoms with van der Waals surface area (Å²) in [6.07, 6.45) is 6.19. The Labute approximate surface area is 89.1 Å². The Balaban J connectivity index is 0.000000292. The first kappa shape index (κ1) is 13.9. The van der Waals surface area contributed by atoms with Gasteiger partial charge in [0.15, 0.2) is 0 Å². The van der Waals surface area contributed by atoms with E-state index >= 15 is 0 Å². The van der Waals surface area contributed by atoms with Crippen molar-refractivity contribution in [2.24, 2.45) is 5.41 Å². The standard InChI is InChI=1S/C8H17N.C4H10O/c1-8(2)6-4-5-7(8)9-3;1-2-3-4-5/h7,9H,4-6H2,1-3H3;5H,2-4H2,1H3. The summed E-state index contributed by atoms with van der Waals surface area (Å²) in [5, 5.41) is 11.4. The number of aliphatic hydroxyl groups excluding tert-OH is 1. The largest absolute Gasteiger partial charge is 0.396 e. The Kier molecular flexibility index (Phi) is 7.20. The van der Waals surface area contributed by atoms with Crippen molar-refractivity contribution in [2.75, 3.05) is 13.7 Å². The fourth-order valence-corrected chi connectivity index (χ4v) is 2.02. The molecular formula is C12H27NO. The van der Waals surface area contributed by atoms with E-state index in [4.69, 9.17) is 5.11 Å². The smallest absolute Gasteiger partial charge is 0.0430 e. The second-order valence-electron chi connectivity index (χ2n) is 4.80. The second kappa shape index (κ2) is 7.24. The molecule has 1 aliphatic carbocycles. The zero-order valence-corrected chi connectivity index (χ0v) is 10.3. The molecule has 2 nitrogen and oxygen atoms in total. The molecule has 0 heterocycles. The molecule has 2 heteroatoms. The maximum atomic E-state index is 8.07. The molecule has 0 saturated heterocycles. The highest BCUT2D eigenvalue weighted by Crippen LogP contribution is 2.36. The molecule has 1 fully saturated rings.